The van der Waals surface area contributed by atoms with E-state index in [1.165, 1.54) is 12.1 Å². The highest BCUT2D eigenvalue weighted by molar-refractivity contribution is 7.89. The van der Waals surface area contributed by atoms with E-state index in [2.05, 4.69) is 10.0 Å². The smallest absolute Gasteiger partial charge is 0.292 e. The zero-order valence-electron chi connectivity index (χ0n) is 11.9. The van der Waals surface area contributed by atoms with Gasteiger partial charge in [-0.1, -0.05) is 12.1 Å². The number of hydrogen-bond acceptors (Lipinski definition) is 5. The lowest BCUT2D eigenvalue weighted by Gasteiger charge is -2.09. The minimum atomic E-state index is -3.75. The van der Waals surface area contributed by atoms with E-state index >= 15 is 0 Å². The van der Waals surface area contributed by atoms with Gasteiger partial charge in [-0.15, -0.1) is 0 Å². The largest absolute Gasteiger partial charge is 0.378 e. The summed E-state index contributed by atoms with van der Waals surface area (Å²) < 4.78 is 39.0. The summed E-state index contributed by atoms with van der Waals surface area (Å²) in [7, 11) is -3.75. The van der Waals surface area contributed by atoms with Gasteiger partial charge in [0.15, 0.2) is 0 Å². The first-order chi connectivity index (χ1) is 10.9. The first kappa shape index (κ1) is 16.8. The van der Waals surface area contributed by atoms with Crippen LogP contribution in [0.25, 0.3) is 0 Å². The molecule has 0 amide bonds. The maximum Gasteiger partial charge on any atom is 0.292 e. The first-order valence-corrected chi connectivity index (χ1v) is 8.11. The maximum absolute atomic E-state index is 12.8. The number of nitro benzene ring substituents is 1. The Labute approximate surface area is 132 Å². The number of halogens is 1. The van der Waals surface area contributed by atoms with Crippen LogP contribution in [-0.2, 0) is 10.0 Å². The predicted molar refractivity (Wildman–Crippen MR) is 83.2 cm³/mol. The number of hydrogen-bond donors (Lipinski definition) is 2. The SMILES string of the molecule is O=[N+]([O-])c1ccccc1NCCNS(=O)(=O)c1ccc(F)cc1. The molecule has 0 radical (unpaired) electrons. The fourth-order valence-electron chi connectivity index (χ4n) is 1.86. The van der Waals surface area contributed by atoms with Gasteiger partial charge in [0.1, 0.15) is 11.5 Å². The van der Waals surface area contributed by atoms with Crippen LogP contribution in [0.3, 0.4) is 0 Å². The van der Waals surface area contributed by atoms with Crippen LogP contribution >= 0.6 is 0 Å². The van der Waals surface area contributed by atoms with Gasteiger partial charge < -0.3 is 5.32 Å². The lowest BCUT2D eigenvalue weighted by Crippen LogP contribution is -2.29. The van der Waals surface area contributed by atoms with Crippen LogP contribution in [0.15, 0.2) is 53.4 Å². The van der Waals surface area contributed by atoms with Gasteiger partial charge in [0, 0.05) is 19.2 Å². The predicted octanol–water partition coefficient (Wildman–Crippen LogP) is 2.12. The van der Waals surface area contributed by atoms with Crippen molar-refractivity contribution in [3.05, 3.63) is 64.5 Å². The number of benzene rings is 2. The molecule has 2 N–H and O–H groups in total. The molecule has 2 aromatic carbocycles. The summed E-state index contributed by atoms with van der Waals surface area (Å²) in [5, 5.41) is 13.6. The minimum Gasteiger partial charge on any atom is -0.378 e. The van der Waals surface area contributed by atoms with Crippen LogP contribution in [0.5, 0.6) is 0 Å². The van der Waals surface area contributed by atoms with Crippen molar-refractivity contribution in [2.75, 3.05) is 18.4 Å². The quantitative estimate of drug-likeness (QED) is 0.457. The topological polar surface area (TPSA) is 101 Å². The number of para-hydroxylation sites is 2. The molecule has 2 aromatic rings. The van der Waals surface area contributed by atoms with E-state index in [0.717, 1.165) is 24.3 Å². The van der Waals surface area contributed by atoms with Gasteiger partial charge >= 0.3 is 0 Å². The van der Waals surface area contributed by atoms with Crippen LogP contribution in [0, 0.1) is 15.9 Å². The first-order valence-electron chi connectivity index (χ1n) is 6.63. The molecule has 0 aliphatic carbocycles. The zero-order valence-corrected chi connectivity index (χ0v) is 12.7. The van der Waals surface area contributed by atoms with Gasteiger partial charge in [0.25, 0.3) is 5.69 Å². The molecule has 23 heavy (non-hydrogen) atoms. The van der Waals surface area contributed by atoms with Crippen molar-refractivity contribution in [2.24, 2.45) is 0 Å². The van der Waals surface area contributed by atoms with E-state index in [1.807, 2.05) is 0 Å². The molecule has 0 aromatic heterocycles. The number of rotatable bonds is 7. The number of sulfonamides is 1. The third-order valence-electron chi connectivity index (χ3n) is 2.96. The van der Waals surface area contributed by atoms with Crippen LogP contribution in [0.4, 0.5) is 15.8 Å². The van der Waals surface area contributed by atoms with E-state index < -0.39 is 20.8 Å². The van der Waals surface area contributed by atoms with Gasteiger partial charge in [0.05, 0.1) is 9.82 Å². The van der Waals surface area contributed by atoms with Crippen LogP contribution in [0.2, 0.25) is 0 Å². The molecule has 0 saturated carbocycles. The van der Waals surface area contributed by atoms with Gasteiger partial charge in [-0.2, -0.15) is 0 Å². The fraction of sp³-hybridized carbons (Fsp3) is 0.143. The summed E-state index contributed by atoms with van der Waals surface area (Å²) in [5.41, 5.74) is 0.215. The molecule has 0 heterocycles. The summed E-state index contributed by atoms with van der Waals surface area (Å²) in [5.74, 6) is -0.526. The Balaban J connectivity index is 1.93. The van der Waals surface area contributed by atoms with Crippen molar-refractivity contribution >= 4 is 21.4 Å². The molecule has 0 aliphatic heterocycles. The fourth-order valence-corrected chi connectivity index (χ4v) is 2.89. The monoisotopic (exact) mass is 339 g/mol. The van der Waals surface area contributed by atoms with E-state index in [9.17, 15) is 22.9 Å². The molecule has 0 fully saturated rings. The molecule has 0 atom stereocenters. The summed E-state index contributed by atoms with van der Waals surface area (Å²) in [6.45, 7) is 0.178. The number of anilines is 1. The summed E-state index contributed by atoms with van der Waals surface area (Å²) in [6, 6.07) is 10.5. The average Bonchev–Trinajstić information content (AvgIpc) is 2.52. The molecular formula is C14H14FN3O4S. The Morgan fingerprint density at radius 1 is 1.04 bits per heavy atom. The molecule has 122 valence electrons. The Morgan fingerprint density at radius 3 is 2.35 bits per heavy atom. The number of nitrogens with one attached hydrogen (secondary N) is 2. The van der Waals surface area contributed by atoms with Gasteiger partial charge in [0.2, 0.25) is 10.0 Å². The lowest BCUT2D eigenvalue weighted by molar-refractivity contribution is -0.384. The average molecular weight is 339 g/mol. The van der Waals surface area contributed by atoms with Crippen LogP contribution < -0.4 is 10.0 Å². The van der Waals surface area contributed by atoms with Crippen LogP contribution in [0.1, 0.15) is 0 Å². The zero-order chi connectivity index (χ0) is 16.9. The third kappa shape index (κ3) is 4.47. The van der Waals surface area contributed by atoms with Crippen molar-refractivity contribution in [3.8, 4) is 0 Å². The van der Waals surface area contributed by atoms with E-state index in [-0.39, 0.29) is 23.7 Å². The van der Waals surface area contributed by atoms with Crippen molar-refractivity contribution in [2.45, 2.75) is 4.90 Å². The second-order valence-electron chi connectivity index (χ2n) is 4.55. The minimum absolute atomic E-state index is 0.0196. The second kappa shape index (κ2) is 7.16. The molecule has 0 spiro atoms. The second-order valence-corrected chi connectivity index (χ2v) is 6.32. The summed E-state index contributed by atoms with van der Waals surface area (Å²) in [4.78, 5) is 10.3. The lowest BCUT2D eigenvalue weighted by atomic mass is 10.2. The Bertz CT molecular complexity index is 794. The molecule has 2 rings (SSSR count). The Morgan fingerprint density at radius 2 is 1.70 bits per heavy atom. The third-order valence-corrected chi connectivity index (χ3v) is 4.43. The standard InChI is InChI=1S/C14H14FN3O4S/c15-11-5-7-12(8-6-11)23(21,22)17-10-9-16-13-3-1-2-4-14(13)18(19)20/h1-8,16-17H,9-10H2. The molecule has 0 unspecified atom stereocenters. The van der Waals surface area contributed by atoms with Crippen molar-refractivity contribution in [1.82, 2.24) is 4.72 Å². The van der Waals surface area contributed by atoms with E-state index in [0.29, 0.717) is 5.69 Å². The van der Waals surface area contributed by atoms with Gasteiger partial charge in [-0.05, 0) is 30.3 Å². The highest BCUT2D eigenvalue weighted by Crippen LogP contribution is 2.22. The molecular weight excluding hydrogens is 325 g/mol. The van der Waals surface area contributed by atoms with E-state index in [4.69, 9.17) is 0 Å². The normalized spacial score (nSPS) is 11.2. The summed E-state index contributed by atoms with van der Waals surface area (Å²) in [6.07, 6.45) is 0. The summed E-state index contributed by atoms with van der Waals surface area (Å²) >= 11 is 0. The Kier molecular flexibility index (Phi) is 5.24. The number of nitro groups is 1. The Hall–Kier alpha value is -2.52. The van der Waals surface area contributed by atoms with Gasteiger partial charge in [-0.25, -0.2) is 17.5 Å². The highest BCUT2D eigenvalue weighted by Gasteiger charge is 2.14. The highest BCUT2D eigenvalue weighted by atomic mass is 32.2. The molecule has 0 saturated heterocycles. The van der Waals surface area contributed by atoms with E-state index in [1.54, 1.807) is 12.1 Å². The van der Waals surface area contributed by atoms with Crippen molar-refractivity contribution in [3.63, 3.8) is 0 Å². The maximum atomic E-state index is 12.8. The molecule has 0 bridgehead atoms. The molecule has 0 aliphatic rings. The molecule has 9 heteroatoms. The van der Waals surface area contributed by atoms with Crippen molar-refractivity contribution in [1.29, 1.82) is 0 Å². The molecule has 7 nitrogen and oxygen atoms in total. The van der Waals surface area contributed by atoms with Crippen molar-refractivity contribution < 1.29 is 17.7 Å². The van der Waals surface area contributed by atoms with Crippen LogP contribution in [-0.4, -0.2) is 26.4 Å². The number of nitrogens with zero attached hydrogens (tertiary/aromatic N) is 1. The van der Waals surface area contributed by atoms with Gasteiger partial charge in [-0.3, -0.25) is 10.1 Å².